The minimum Gasteiger partial charge on any atom is -0.492 e. The van der Waals surface area contributed by atoms with Gasteiger partial charge in [0.15, 0.2) is 9.84 Å². The molecular weight excluding hydrogens is 412 g/mol. The maximum Gasteiger partial charge on any atom is 0.223 e. The first-order chi connectivity index (χ1) is 13.9. The van der Waals surface area contributed by atoms with Crippen molar-refractivity contribution in [3.8, 4) is 5.75 Å². The lowest BCUT2D eigenvalue weighted by Crippen LogP contribution is -2.49. The molecule has 2 aromatic rings. The van der Waals surface area contributed by atoms with Crippen LogP contribution in [-0.2, 0) is 14.6 Å². The van der Waals surface area contributed by atoms with Crippen LogP contribution in [0.15, 0.2) is 53.4 Å². The number of sulfone groups is 1. The van der Waals surface area contributed by atoms with Crippen molar-refractivity contribution < 1.29 is 17.9 Å². The maximum atomic E-state index is 12.5. The molecule has 1 saturated heterocycles. The molecule has 0 N–H and O–H groups in total. The molecular formula is C21H25ClN2O4S. The number of ether oxygens (including phenoxy) is 1. The van der Waals surface area contributed by atoms with E-state index in [2.05, 4.69) is 4.90 Å². The molecule has 2 aromatic carbocycles. The van der Waals surface area contributed by atoms with Gasteiger partial charge in [-0.25, -0.2) is 8.42 Å². The standard InChI is InChI=1S/C21H25ClN2O4S/c1-2-28-20-6-4-3-5-19(20)23-12-14-24(15-13-23)21(25)11-16-29(26,27)18-9-7-17(22)8-10-18/h3-10H,2,11-16H2,1H3. The number of rotatable bonds is 7. The van der Waals surface area contributed by atoms with Crippen molar-refractivity contribution >= 4 is 33.0 Å². The van der Waals surface area contributed by atoms with Gasteiger partial charge in [0.1, 0.15) is 5.75 Å². The molecule has 1 heterocycles. The molecule has 0 saturated carbocycles. The summed E-state index contributed by atoms with van der Waals surface area (Å²) >= 11 is 5.81. The van der Waals surface area contributed by atoms with Gasteiger partial charge in [0.25, 0.3) is 0 Å². The monoisotopic (exact) mass is 436 g/mol. The molecule has 29 heavy (non-hydrogen) atoms. The van der Waals surface area contributed by atoms with Crippen LogP contribution < -0.4 is 9.64 Å². The summed E-state index contributed by atoms with van der Waals surface area (Å²) in [6.07, 6.45) is -0.0273. The molecule has 0 aromatic heterocycles. The Morgan fingerprint density at radius 2 is 1.69 bits per heavy atom. The summed E-state index contributed by atoms with van der Waals surface area (Å²) < 4.78 is 30.6. The molecule has 3 rings (SSSR count). The molecule has 1 fully saturated rings. The van der Waals surface area contributed by atoms with Gasteiger partial charge in [-0.05, 0) is 43.3 Å². The highest BCUT2D eigenvalue weighted by Gasteiger charge is 2.24. The summed E-state index contributed by atoms with van der Waals surface area (Å²) in [7, 11) is -3.51. The number of hydrogen-bond donors (Lipinski definition) is 0. The second kappa shape index (κ2) is 9.50. The maximum absolute atomic E-state index is 12.5. The zero-order valence-corrected chi connectivity index (χ0v) is 18.0. The van der Waals surface area contributed by atoms with Crippen LogP contribution in [0.25, 0.3) is 0 Å². The van der Waals surface area contributed by atoms with Gasteiger partial charge >= 0.3 is 0 Å². The highest BCUT2D eigenvalue weighted by Crippen LogP contribution is 2.29. The van der Waals surface area contributed by atoms with Crippen molar-refractivity contribution in [1.29, 1.82) is 0 Å². The molecule has 0 bridgehead atoms. The summed E-state index contributed by atoms with van der Waals surface area (Å²) in [5.74, 6) is 0.491. The summed E-state index contributed by atoms with van der Waals surface area (Å²) in [6, 6.07) is 13.9. The Balaban J connectivity index is 1.54. The second-order valence-electron chi connectivity index (χ2n) is 6.79. The molecule has 0 atom stereocenters. The molecule has 1 aliphatic rings. The molecule has 6 nitrogen and oxygen atoms in total. The molecule has 0 spiro atoms. The Morgan fingerprint density at radius 1 is 1.03 bits per heavy atom. The number of anilines is 1. The number of benzene rings is 2. The van der Waals surface area contributed by atoms with Crippen LogP contribution in [0, 0.1) is 0 Å². The quantitative estimate of drug-likeness (QED) is 0.666. The highest BCUT2D eigenvalue weighted by molar-refractivity contribution is 7.91. The van der Waals surface area contributed by atoms with Gasteiger partial charge in [0.2, 0.25) is 5.91 Å². The van der Waals surface area contributed by atoms with Crippen LogP contribution in [0.1, 0.15) is 13.3 Å². The van der Waals surface area contributed by atoms with E-state index >= 15 is 0 Å². The van der Waals surface area contributed by atoms with Crippen LogP contribution in [-0.4, -0.2) is 57.8 Å². The van der Waals surface area contributed by atoms with Crippen LogP contribution in [0.4, 0.5) is 5.69 Å². The first-order valence-corrected chi connectivity index (χ1v) is 11.7. The molecule has 0 unspecified atom stereocenters. The van der Waals surface area contributed by atoms with Gasteiger partial charge < -0.3 is 14.5 Å². The minimum atomic E-state index is -3.51. The second-order valence-corrected chi connectivity index (χ2v) is 9.34. The largest absolute Gasteiger partial charge is 0.492 e. The highest BCUT2D eigenvalue weighted by atomic mass is 35.5. The van der Waals surface area contributed by atoms with Gasteiger partial charge in [0.05, 0.1) is 22.9 Å². The summed E-state index contributed by atoms with van der Waals surface area (Å²) in [4.78, 5) is 16.7. The number of carbonyl (C=O) groups is 1. The fraction of sp³-hybridized carbons (Fsp3) is 0.381. The van der Waals surface area contributed by atoms with Crippen molar-refractivity contribution in [3.05, 3.63) is 53.6 Å². The smallest absolute Gasteiger partial charge is 0.223 e. The van der Waals surface area contributed by atoms with Crippen molar-refractivity contribution in [1.82, 2.24) is 4.90 Å². The van der Waals surface area contributed by atoms with E-state index in [4.69, 9.17) is 16.3 Å². The van der Waals surface area contributed by atoms with E-state index in [1.54, 1.807) is 4.90 Å². The van der Waals surface area contributed by atoms with Crippen LogP contribution >= 0.6 is 11.6 Å². The molecule has 0 radical (unpaired) electrons. The fourth-order valence-electron chi connectivity index (χ4n) is 3.33. The van der Waals surface area contributed by atoms with E-state index in [0.29, 0.717) is 37.8 Å². The predicted octanol–water partition coefficient (Wildman–Crippen LogP) is 3.25. The predicted molar refractivity (Wildman–Crippen MR) is 115 cm³/mol. The summed E-state index contributed by atoms with van der Waals surface area (Å²) in [5, 5.41) is 0.476. The lowest BCUT2D eigenvalue weighted by molar-refractivity contribution is -0.131. The Hall–Kier alpha value is -2.25. The number of piperazine rings is 1. The van der Waals surface area contributed by atoms with Gasteiger partial charge in [-0.1, -0.05) is 23.7 Å². The SMILES string of the molecule is CCOc1ccccc1N1CCN(C(=O)CCS(=O)(=O)c2ccc(Cl)cc2)CC1. The first kappa shape index (κ1) is 21.5. The average Bonchev–Trinajstić information content (AvgIpc) is 2.73. The van der Waals surface area contributed by atoms with Crippen LogP contribution in [0.3, 0.4) is 0 Å². The van der Waals surface area contributed by atoms with E-state index in [1.807, 2.05) is 31.2 Å². The number of carbonyl (C=O) groups excluding carboxylic acids is 1. The zero-order chi connectivity index (χ0) is 20.9. The van der Waals surface area contributed by atoms with Crippen molar-refractivity contribution in [2.75, 3.05) is 43.4 Å². The van der Waals surface area contributed by atoms with Gasteiger partial charge in [-0.3, -0.25) is 4.79 Å². The Bertz CT molecular complexity index is 939. The third kappa shape index (κ3) is 5.42. The summed E-state index contributed by atoms with van der Waals surface area (Å²) in [5.41, 5.74) is 1.02. The molecule has 0 aliphatic carbocycles. The lowest BCUT2D eigenvalue weighted by atomic mass is 10.2. The van der Waals surface area contributed by atoms with Crippen LogP contribution in [0.2, 0.25) is 5.02 Å². The van der Waals surface area contributed by atoms with Crippen LogP contribution in [0.5, 0.6) is 5.75 Å². The van der Waals surface area contributed by atoms with Crippen molar-refractivity contribution in [2.24, 2.45) is 0 Å². The third-order valence-electron chi connectivity index (χ3n) is 4.90. The molecule has 156 valence electrons. The lowest BCUT2D eigenvalue weighted by Gasteiger charge is -2.36. The van der Waals surface area contributed by atoms with E-state index in [9.17, 15) is 13.2 Å². The van der Waals surface area contributed by atoms with Crippen molar-refractivity contribution in [3.63, 3.8) is 0 Å². The summed E-state index contributed by atoms with van der Waals surface area (Å²) in [6.45, 7) is 5.02. The van der Waals surface area contributed by atoms with E-state index < -0.39 is 9.84 Å². The average molecular weight is 437 g/mol. The van der Waals surface area contributed by atoms with E-state index in [1.165, 1.54) is 24.3 Å². The number of halogens is 1. The topological polar surface area (TPSA) is 66.9 Å². The number of para-hydroxylation sites is 2. The Labute approximate surface area is 176 Å². The fourth-order valence-corrected chi connectivity index (χ4v) is 4.69. The van der Waals surface area contributed by atoms with E-state index in [0.717, 1.165) is 11.4 Å². The van der Waals surface area contributed by atoms with Gasteiger partial charge in [0, 0.05) is 37.6 Å². The minimum absolute atomic E-state index is 0.0273. The first-order valence-electron chi connectivity index (χ1n) is 9.63. The Kier molecular flexibility index (Phi) is 7.03. The van der Waals surface area contributed by atoms with E-state index in [-0.39, 0.29) is 23.0 Å². The Morgan fingerprint density at radius 3 is 2.34 bits per heavy atom. The molecule has 8 heteroatoms. The van der Waals surface area contributed by atoms with Crippen molar-refractivity contribution in [2.45, 2.75) is 18.2 Å². The molecule has 1 amide bonds. The van der Waals surface area contributed by atoms with Gasteiger partial charge in [-0.15, -0.1) is 0 Å². The zero-order valence-electron chi connectivity index (χ0n) is 16.4. The number of nitrogens with zero attached hydrogens (tertiary/aromatic N) is 2. The number of hydrogen-bond acceptors (Lipinski definition) is 5. The molecule has 1 aliphatic heterocycles. The normalized spacial score (nSPS) is 14.7. The third-order valence-corrected chi connectivity index (χ3v) is 6.88. The number of amides is 1. The van der Waals surface area contributed by atoms with Gasteiger partial charge in [-0.2, -0.15) is 0 Å².